The average molecular weight is 409 g/mol. The summed E-state index contributed by atoms with van der Waals surface area (Å²) in [7, 11) is 0. The van der Waals surface area contributed by atoms with E-state index < -0.39 is 12.2 Å². The standard InChI is InChI=1S/C22H23N3O5/c1-3-29-21(27)24-16-11-17(25(24)22(28)30-4-2)19-18(16)14-9-12-7-5-6-8-13(12)10-15(14)20(26)23-19/h5-10,16-19H,3-4,11H2,1-2H3,(H,23,26)/t16-,17+,18+,19-/m0/s1. The Bertz CT molecular complexity index is 1050. The molecular weight excluding hydrogens is 386 g/mol. The van der Waals surface area contributed by atoms with Crippen molar-refractivity contribution in [2.45, 2.75) is 44.3 Å². The molecule has 2 aromatic carbocycles. The number of amides is 3. The van der Waals surface area contributed by atoms with Crippen molar-refractivity contribution in [3.63, 3.8) is 0 Å². The van der Waals surface area contributed by atoms with Crippen molar-refractivity contribution in [2.24, 2.45) is 0 Å². The maximum atomic E-state index is 12.9. The highest BCUT2D eigenvalue weighted by molar-refractivity contribution is 6.02. The number of benzene rings is 2. The maximum Gasteiger partial charge on any atom is 0.429 e. The van der Waals surface area contributed by atoms with Gasteiger partial charge in [-0.1, -0.05) is 24.3 Å². The average Bonchev–Trinajstić information content (AvgIpc) is 3.29. The van der Waals surface area contributed by atoms with E-state index in [-0.39, 0.29) is 43.2 Å². The molecule has 0 radical (unpaired) electrons. The Labute approximate surface area is 173 Å². The van der Waals surface area contributed by atoms with Gasteiger partial charge in [-0.15, -0.1) is 0 Å². The van der Waals surface area contributed by atoms with Crippen molar-refractivity contribution in [1.29, 1.82) is 0 Å². The number of hydrogen-bond acceptors (Lipinski definition) is 5. The molecular formula is C22H23N3O5. The van der Waals surface area contributed by atoms with E-state index in [1.165, 1.54) is 10.0 Å². The van der Waals surface area contributed by atoms with Gasteiger partial charge in [0, 0.05) is 11.5 Å². The Kier molecular flexibility index (Phi) is 4.30. The van der Waals surface area contributed by atoms with Crippen molar-refractivity contribution in [1.82, 2.24) is 15.3 Å². The second-order valence-corrected chi connectivity index (χ2v) is 7.77. The van der Waals surface area contributed by atoms with Crippen LogP contribution in [0.4, 0.5) is 9.59 Å². The van der Waals surface area contributed by atoms with Crippen molar-refractivity contribution < 1.29 is 23.9 Å². The van der Waals surface area contributed by atoms with Gasteiger partial charge in [0.05, 0.1) is 31.3 Å². The highest BCUT2D eigenvalue weighted by Gasteiger charge is 2.63. The Morgan fingerprint density at radius 3 is 2.23 bits per heavy atom. The SMILES string of the molecule is CCOC(=O)N1[C@@H]2C[C@@H]([C@H]3c4cc5ccccc5cc4C(=O)N[C@H]32)N1C(=O)OCC. The molecule has 2 aromatic rings. The quantitative estimate of drug-likeness (QED) is 0.824. The van der Waals surface area contributed by atoms with Crippen molar-refractivity contribution >= 4 is 28.9 Å². The highest BCUT2D eigenvalue weighted by atomic mass is 16.6. The van der Waals surface area contributed by atoms with Gasteiger partial charge in [0.1, 0.15) is 0 Å². The van der Waals surface area contributed by atoms with E-state index in [1.54, 1.807) is 13.8 Å². The number of nitrogens with one attached hydrogen (secondary N) is 1. The lowest BCUT2D eigenvalue weighted by Gasteiger charge is -2.46. The molecule has 2 aliphatic heterocycles. The second-order valence-electron chi connectivity index (χ2n) is 7.77. The molecule has 3 amide bonds. The topological polar surface area (TPSA) is 88.2 Å². The molecule has 1 saturated heterocycles. The number of carbonyl (C=O) groups excluding carboxylic acids is 3. The van der Waals surface area contributed by atoms with Gasteiger partial charge < -0.3 is 14.8 Å². The van der Waals surface area contributed by atoms with Crippen LogP contribution >= 0.6 is 0 Å². The zero-order chi connectivity index (χ0) is 21.0. The summed E-state index contributed by atoms with van der Waals surface area (Å²) in [5.41, 5.74) is 1.53. The fraction of sp³-hybridized carbons (Fsp3) is 0.409. The van der Waals surface area contributed by atoms with Gasteiger partial charge in [0.2, 0.25) is 0 Å². The van der Waals surface area contributed by atoms with Gasteiger partial charge in [-0.25, -0.2) is 19.6 Å². The monoisotopic (exact) mass is 409 g/mol. The molecule has 156 valence electrons. The lowest BCUT2D eigenvalue weighted by molar-refractivity contribution is -0.0526. The molecule has 0 unspecified atom stereocenters. The zero-order valence-electron chi connectivity index (χ0n) is 16.8. The van der Waals surface area contributed by atoms with Crippen LogP contribution in [0.1, 0.15) is 42.1 Å². The van der Waals surface area contributed by atoms with Gasteiger partial charge in [-0.05, 0) is 48.7 Å². The van der Waals surface area contributed by atoms with Crippen LogP contribution in [0, 0.1) is 0 Å². The van der Waals surface area contributed by atoms with Crippen LogP contribution in [-0.4, -0.2) is 59.5 Å². The number of carbonyl (C=O) groups is 3. The Balaban J connectivity index is 1.61. The Morgan fingerprint density at radius 2 is 1.60 bits per heavy atom. The lowest BCUT2D eigenvalue weighted by atomic mass is 9.81. The zero-order valence-corrected chi connectivity index (χ0v) is 16.8. The minimum absolute atomic E-state index is 0.123. The first kappa shape index (κ1) is 18.7. The third kappa shape index (κ3) is 2.56. The van der Waals surface area contributed by atoms with E-state index in [1.807, 2.05) is 36.4 Å². The van der Waals surface area contributed by atoms with Crippen LogP contribution < -0.4 is 5.32 Å². The second kappa shape index (κ2) is 6.90. The number of ether oxygens (including phenoxy) is 2. The third-order valence-corrected chi connectivity index (χ3v) is 6.29. The minimum Gasteiger partial charge on any atom is -0.448 e. The summed E-state index contributed by atoms with van der Waals surface area (Å²) in [6, 6.07) is 10.9. The summed E-state index contributed by atoms with van der Waals surface area (Å²) in [6.45, 7) is 3.84. The number of hydrazine groups is 1. The molecule has 1 saturated carbocycles. The number of hydrogen-bond donors (Lipinski definition) is 1. The van der Waals surface area contributed by atoms with E-state index in [2.05, 4.69) is 5.32 Å². The van der Waals surface area contributed by atoms with E-state index in [9.17, 15) is 14.4 Å². The molecule has 2 heterocycles. The van der Waals surface area contributed by atoms with Crippen LogP contribution in [-0.2, 0) is 9.47 Å². The smallest absolute Gasteiger partial charge is 0.429 e. The number of nitrogens with zero attached hydrogens (tertiary/aromatic N) is 2. The summed E-state index contributed by atoms with van der Waals surface area (Å²) >= 11 is 0. The van der Waals surface area contributed by atoms with E-state index in [0.29, 0.717) is 12.0 Å². The van der Waals surface area contributed by atoms with E-state index in [4.69, 9.17) is 9.47 Å². The summed E-state index contributed by atoms with van der Waals surface area (Å²) in [5.74, 6) is -0.279. The first-order valence-electron chi connectivity index (χ1n) is 10.3. The largest absolute Gasteiger partial charge is 0.448 e. The highest BCUT2D eigenvalue weighted by Crippen LogP contribution is 2.50. The molecule has 8 nitrogen and oxygen atoms in total. The van der Waals surface area contributed by atoms with Gasteiger partial charge in [-0.3, -0.25) is 4.79 Å². The summed E-state index contributed by atoms with van der Waals surface area (Å²) in [6.07, 6.45) is -0.620. The van der Waals surface area contributed by atoms with Gasteiger partial charge in [0.15, 0.2) is 0 Å². The van der Waals surface area contributed by atoms with Crippen LogP contribution in [0.25, 0.3) is 10.8 Å². The lowest BCUT2D eigenvalue weighted by Crippen LogP contribution is -2.64. The fourth-order valence-electron chi connectivity index (χ4n) is 5.21. The van der Waals surface area contributed by atoms with Crippen molar-refractivity contribution in [2.75, 3.05) is 13.2 Å². The molecule has 0 spiro atoms. The summed E-state index contributed by atoms with van der Waals surface area (Å²) < 4.78 is 10.4. The first-order chi connectivity index (χ1) is 14.5. The normalized spacial score (nSPS) is 26.3. The van der Waals surface area contributed by atoms with Crippen LogP contribution in [0.15, 0.2) is 36.4 Å². The molecule has 1 aliphatic carbocycles. The predicted octanol–water partition coefficient (Wildman–Crippen LogP) is 3.02. The minimum atomic E-state index is -0.602. The predicted molar refractivity (Wildman–Crippen MR) is 108 cm³/mol. The Hall–Kier alpha value is -3.29. The van der Waals surface area contributed by atoms with Crippen molar-refractivity contribution in [3.05, 3.63) is 47.5 Å². The number of fused-ring (bicyclic) bond motifs is 8. The molecule has 30 heavy (non-hydrogen) atoms. The van der Waals surface area contributed by atoms with Crippen LogP contribution in [0.2, 0.25) is 0 Å². The first-order valence-corrected chi connectivity index (χ1v) is 10.3. The molecule has 4 atom stereocenters. The van der Waals surface area contributed by atoms with Gasteiger partial charge in [0.25, 0.3) is 5.91 Å². The molecule has 1 N–H and O–H groups in total. The molecule has 8 heteroatoms. The summed E-state index contributed by atoms with van der Waals surface area (Å²) in [5, 5.41) is 7.84. The van der Waals surface area contributed by atoms with E-state index in [0.717, 1.165) is 16.3 Å². The summed E-state index contributed by atoms with van der Waals surface area (Å²) in [4.78, 5) is 38.4. The van der Waals surface area contributed by atoms with Gasteiger partial charge in [-0.2, -0.15) is 0 Å². The van der Waals surface area contributed by atoms with Gasteiger partial charge >= 0.3 is 12.2 Å². The molecule has 2 bridgehead atoms. The number of rotatable bonds is 2. The molecule has 3 aliphatic rings. The fourth-order valence-corrected chi connectivity index (χ4v) is 5.21. The molecule has 5 rings (SSSR count). The maximum absolute atomic E-state index is 12.9. The van der Waals surface area contributed by atoms with Crippen LogP contribution in [0.3, 0.4) is 0 Å². The molecule has 2 fully saturated rings. The van der Waals surface area contributed by atoms with Crippen LogP contribution in [0.5, 0.6) is 0 Å². The third-order valence-electron chi connectivity index (χ3n) is 6.29. The van der Waals surface area contributed by atoms with Crippen molar-refractivity contribution in [3.8, 4) is 0 Å². The molecule has 0 aromatic heterocycles. The van der Waals surface area contributed by atoms with E-state index >= 15 is 0 Å². The Morgan fingerprint density at radius 1 is 1.00 bits per heavy atom.